The first-order valence-corrected chi connectivity index (χ1v) is 21.5. The second-order valence-electron chi connectivity index (χ2n) is 14.5. The van der Waals surface area contributed by atoms with Crippen molar-refractivity contribution in [3.63, 3.8) is 0 Å². The highest BCUT2D eigenvalue weighted by Gasteiger charge is 2.36. The number of hydrogen-bond acceptors (Lipinski definition) is 12. The summed E-state index contributed by atoms with van der Waals surface area (Å²) < 4.78 is 69.3. The number of ether oxygens (including phenoxy) is 1. The van der Waals surface area contributed by atoms with E-state index in [-0.39, 0.29) is 70.0 Å². The van der Waals surface area contributed by atoms with Gasteiger partial charge in [0.05, 0.1) is 44.1 Å². The van der Waals surface area contributed by atoms with E-state index < -0.39 is 65.6 Å². The highest BCUT2D eigenvalue weighted by Crippen LogP contribution is 2.45. The van der Waals surface area contributed by atoms with Crippen molar-refractivity contribution in [2.75, 3.05) is 23.4 Å². The van der Waals surface area contributed by atoms with Crippen LogP contribution in [-0.2, 0) is 29.5 Å². The number of alkyl carbamates (subject to hydrolysis) is 1. The fourth-order valence-electron chi connectivity index (χ4n) is 7.62. The number of benzene rings is 5. The fourth-order valence-corrected chi connectivity index (χ4v) is 9.60. The highest BCUT2D eigenvalue weighted by molar-refractivity contribution is 7.91. The monoisotopic (exact) mass is 820 g/mol. The molecule has 0 spiro atoms. The summed E-state index contributed by atoms with van der Waals surface area (Å²) in [6, 6.07) is 27.1. The van der Waals surface area contributed by atoms with Crippen LogP contribution < -0.4 is 16.4 Å². The Kier molecular flexibility index (Phi) is 10.8. The second-order valence-corrected chi connectivity index (χ2v) is 17.9. The number of nitrogens with one attached hydrogen (secondary N) is 2. The minimum absolute atomic E-state index is 0.0163. The number of fused-ring (bicyclic) bond motifs is 5. The zero-order chi connectivity index (χ0) is 41.5. The van der Waals surface area contributed by atoms with Gasteiger partial charge in [0, 0.05) is 29.2 Å². The van der Waals surface area contributed by atoms with Crippen LogP contribution in [0.5, 0.6) is 0 Å². The van der Waals surface area contributed by atoms with E-state index in [0.717, 1.165) is 28.3 Å². The van der Waals surface area contributed by atoms with E-state index in [9.17, 15) is 40.6 Å². The molecular formula is C43H38N3O10S2-. The Balaban J connectivity index is 1.02. The van der Waals surface area contributed by atoms with Crippen molar-refractivity contribution in [1.82, 2.24) is 5.32 Å². The highest BCUT2D eigenvalue weighted by atomic mass is 32.2. The van der Waals surface area contributed by atoms with E-state index in [1.807, 2.05) is 48.5 Å². The van der Waals surface area contributed by atoms with Crippen LogP contribution in [0.25, 0.3) is 11.1 Å². The molecule has 4 N–H and O–H groups in total. The standard InChI is InChI=1S/C43H39N3O10S2/c1-24(2)40(46-43(50)56-23-33-29-15-5-3-13-27(29)28-14-4-6-16-30(28)33)35(47)19-10-20-57(51,52)26-12-9-11-25(21-26)45-34-22-36(58(53,54)55)39(44)38-37(34)41(48)31-17-7-8-18-32(31)42(38)49/h3-9,11-18,21-22,24,33,40,45H,10,19-20,23,44H2,1-2H3,(H,46,50)(H,53,54,55)/p-1. The Hall–Kier alpha value is -6.16. The number of carbonyl (C=O) groups is 4. The minimum atomic E-state index is -5.23. The van der Waals surface area contributed by atoms with Crippen molar-refractivity contribution in [1.29, 1.82) is 0 Å². The number of anilines is 3. The van der Waals surface area contributed by atoms with Gasteiger partial charge in [-0.1, -0.05) is 92.7 Å². The molecule has 1 amide bonds. The lowest BCUT2D eigenvalue weighted by Crippen LogP contribution is -2.45. The summed E-state index contributed by atoms with van der Waals surface area (Å²) in [4.78, 5) is 52.4. The number of carbonyl (C=O) groups excluding carboxylic acids is 4. The van der Waals surface area contributed by atoms with Crippen molar-refractivity contribution in [2.45, 2.75) is 48.4 Å². The van der Waals surface area contributed by atoms with E-state index in [1.54, 1.807) is 19.9 Å². The number of nitrogen functional groups attached to an aromatic ring is 1. The van der Waals surface area contributed by atoms with Gasteiger partial charge in [-0.05, 0) is 58.9 Å². The molecule has 15 heteroatoms. The van der Waals surface area contributed by atoms with Crippen LogP contribution >= 0.6 is 0 Å². The van der Waals surface area contributed by atoms with Crippen molar-refractivity contribution < 1.29 is 45.3 Å². The maximum atomic E-state index is 13.7. The molecule has 0 radical (unpaired) electrons. The Morgan fingerprint density at radius 2 is 1.34 bits per heavy atom. The van der Waals surface area contributed by atoms with E-state index >= 15 is 0 Å². The van der Waals surface area contributed by atoms with Gasteiger partial charge in [0.1, 0.15) is 16.7 Å². The molecule has 0 heterocycles. The number of rotatable bonds is 13. The number of sulfone groups is 1. The second kappa shape index (κ2) is 15.6. The molecule has 1 atom stereocenters. The van der Waals surface area contributed by atoms with Crippen molar-refractivity contribution >= 4 is 60.5 Å². The van der Waals surface area contributed by atoms with Gasteiger partial charge in [0.2, 0.25) is 0 Å². The zero-order valence-electron chi connectivity index (χ0n) is 31.4. The minimum Gasteiger partial charge on any atom is -0.744 e. The van der Waals surface area contributed by atoms with Crippen LogP contribution in [0, 0.1) is 5.92 Å². The average Bonchev–Trinajstić information content (AvgIpc) is 3.51. The predicted molar refractivity (Wildman–Crippen MR) is 215 cm³/mol. The molecule has 58 heavy (non-hydrogen) atoms. The van der Waals surface area contributed by atoms with Crippen molar-refractivity contribution in [3.05, 3.63) is 137 Å². The van der Waals surface area contributed by atoms with Crippen LogP contribution in [0.15, 0.2) is 113 Å². The maximum absolute atomic E-state index is 13.7. The number of nitrogens with two attached hydrogens (primary N) is 1. The molecule has 7 rings (SSSR count). The lowest BCUT2D eigenvalue weighted by atomic mass is 9.82. The molecule has 2 aliphatic rings. The molecule has 298 valence electrons. The van der Waals surface area contributed by atoms with Crippen molar-refractivity contribution in [3.8, 4) is 11.1 Å². The first kappa shape index (κ1) is 40.1. The molecule has 5 aromatic rings. The molecule has 0 aliphatic heterocycles. The first-order valence-electron chi connectivity index (χ1n) is 18.4. The largest absolute Gasteiger partial charge is 0.744 e. The summed E-state index contributed by atoms with van der Waals surface area (Å²) in [7, 11) is -9.24. The van der Waals surface area contributed by atoms with Gasteiger partial charge in [0.15, 0.2) is 27.2 Å². The molecule has 13 nitrogen and oxygen atoms in total. The normalized spacial score (nSPS) is 13.9. The van der Waals surface area contributed by atoms with Gasteiger partial charge in [-0.3, -0.25) is 14.4 Å². The molecule has 5 aromatic carbocycles. The lowest BCUT2D eigenvalue weighted by molar-refractivity contribution is -0.122. The third kappa shape index (κ3) is 7.63. The SMILES string of the molecule is CC(C)C(NC(=O)OCC1c2ccccc2-c2ccccc21)C(=O)CCCS(=O)(=O)c1cccc(Nc2cc(S(=O)(=O)[O-])c(N)c3c2C(=O)c2ccccc2C3=O)c1. The lowest BCUT2D eigenvalue weighted by Gasteiger charge is -2.25. The molecular weight excluding hydrogens is 783 g/mol. The molecule has 1 unspecified atom stereocenters. The molecule has 0 aromatic heterocycles. The Bertz CT molecular complexity index is 2700. The average molecular weight is 821 g/mol. The summed E-state index contributed by atoms with van der Waals surface area (Å²) in [5.41, 5.74) is 8.75. The molecule has 0 fully saturated rings. The summed E-state index contributed by atoms with van der Waals surface area (Å²) in [5, 5.41) is 5.49. The topological polar surface area (TPSA) is 219 Å². The third-order valence-electron chi connectivity index (χ3n) is 10.4. The van der Waals surface area contributed by atoms with Crippen LogP contribution in [-0.4, -0.2) is 63.2 Å². The van der Waals surface area contributed by atoms with Gasteiger partial charge in [-0.25, -0.2) is 21.6 Å². The van der Waals surface area contributed by atoms with Gasteiger partial charge in [0.25, 0.3) is 0 Å². The van der Waals surface area contributed by atoms with Gasteiger partial charge in [-0.15, -0.1) is 0 Å². The van der Waals surface area contributed by atoms with Crippen molar-refractivity contribution in [2.24, 2.45) is 5.92 Å². The molecule has 0 bridgehead atoms. The van der Waals surface area contributed by atoms with Crippen LogP contribution in [0.4, 0.5) is 21.9 Å². The summed E-state index contributed by atoms with van der Waals surface area (Å²) in [5.74, 6) is -2.70. The molecule has 0 saturated carbocycles. The Morgan fingerprint density at radius 3 is 1.93 bits per heavy atom. The quantitative estimate of drug-likeness (QED) is 0.0854. The summed E-state index contributed by atoms with van der Waals surface area (Å²) >= 11 is 0. The first-order chi connectivity index (χ1) is 27.6. The smallest absolute Gasteiger partial charge is 0.407 e. The number of Topliss-reactive ketones (excluding diaryl/α,β-unsaturated/α-hetero) is 1. The summed E-state index contributed by atoms with van der Waals surface area (Å²) in [6.45, 7) is 3.59. The van der Waals surface area contributed by atoms with E-state index in [1.165, 1.54) is 42.5 Å². The van der Waals surface area contributed by atoms with Gasteiger partial charge >= 0.3 is 6.09 Å². The van der Waals surface area contributed by atoms with E-state index in [2.05, 4.69) is 10.6 Å². The van der Waals surface area contributed by atoms with Crippen LogP contribution in [0.3, 0.4) is 0 Å². The Morgan fingerprint density at radius 1 is 0.776 bits per heavy atom. The Labute approximate surface area is 335 Å². The van der Waals surface area contributed by atoms with Crippen LogP contribution in [0.2, 0.25) is 0 Å². The number of ketones is 3. The predicted octanol–water partition coefficient (Wildman–Crippen LogP) is 6.38. The van der Waals surface area contributed by atoms with E-state index in [0.29, 0.717) is 0 Å². The van der Waals surface area contributed by atoms with E-state index in [4.69, 9.17) is 10.5 Å². The fraction of sp³-hybridized carbons (Fsp3) is 0.209. The third-order valence-corrected chi connectivity index (χ3v) is 13.1. The van der Waals surface area contributed by atoms with Gasteiger partial charge < -0.3 is 25.7 Å². The number of hydrogen-bond donors (Lipinski definition) is 3. The molecule has 0 saturated heterocycles. The number of amides is 1. The van der Waals surface area contributed by atoms with Crippen LogP contribution in [0.1, 0.15) is 75.6 Å². The summed E-state index contributed by atoms with van der Waals surface area (Å²) in [6.07, 6.45) is -0.991. The zero-order valence-corrected chi connectivity index (χ0v) is 33.0. The maximum Gasteiger partial charge on any atom is 0.407 e. The van der Waals surface area contributed by atoms with Gasteiger partial charge in [-0.2, -0.15) is 0 Å². The molecule has 2 aliphatic carbocycles.